The summed E-state index contributed by atoms with van der Waals surface area (Å²) < 4.78 is 5.56. The van der Waals surface area contributed by atoms with E-state index >= 15 is 0 Å². The van der Waals surface area contributed by atoms with Gasteiger partial charge in [0.25, 0.3) is 0 Å². The fraction of sp³-hybridized carbons (Fsp3) is 0.136. The zero-order chi connectivity index (χ0) is 18.5. The Morgan fingerprint density at radius 3 is 2.04 bits per heavy atom. The molecule has 4 heteroatoms. The Labute approximate surface area is 152 Å². The monoisotopic (exact) mass is 345 g/mol. The van der Waals surface area contributed by atoms with Crippen LogP contribution in [0.15, 0.2) is 72.9 Å². The molecular weight excluding hydrogens is 326 g/mol. The zero-order valence-corrected chi connectivity index (χ0v) is 14.7. The number of carbonyl (C=O) groups is 2. The predicted octanol–water partition coefficient (Wildman–Crippen LogP) is 4.48. The van der Waals surface area contributed by atoms with Gasteiger partial charge < -0.3 is 4.74 Å². The summed E-state index contributed by atoms with van der Waals surface area (Å²) in [4.78, 5) is 29.5. The molecule has 2 aromatic carbocycles. The molecule has 3 rings (SSSR count). The number of nitrogens with zero attached hydrogens (tertiary/aromatic N) is 1. The van der Waals surface area contributed by atoms with Crippen LogP contribution < -0.4 is 0 Å². The van der Waals surface area contributed by atoms with Crippen LogP contribution in [0, 0.1) is 13.8 Å². The van der Waals surface area contributed by atoms with Gasteiger partial charge in [-0.1, -0.05) is 65.7 Å². The van der Waals surface area contributed by atoms with Gasteiger partial charge in [0.15, 0.2) is 6.10 Å². The second kappa shape index (κ2) is 7.74. The molecule has 0 amide bonds. The zero-order valence-electron chi connectivity index (χ0n) is 14.7. The Hall–Kier alpha value is -3.27. The molecule has 0 aliphatic heterocycles. The minimum atomic E-state index is -1.02. The number of hydrogen-bond acceptors (Lipinski definition) is 4. The Kier molecular flexibility index (Phi) is 5.23. The van der Waals surface area contributed by atoms with Gasteiger partial charge in [-0.25, -0.2) is 9.78 Å². The number of benzene rings is 2. The number of Topliss-reactive ketones (excluding diaryl/α,β-unsaturated/α-hetero) is 1. The van der Waals surface area contributed by atoms with Gasteiger partial charge in [-0.3, -0.25) is 4.79 Å². The van der Waals surface area contributed by atoms with Crippen LogP contribution in [-0.4, -0.2) is 16.7 Å². The standard InChI is InChI=1S/C22H19NO3/c1-15-6-10-17(11-7-15)20(24)21(18-12-8-16(2)9-13-18)26-22(25)19-5-3-4-14-23-19/h3-14,21H,1-2H3/t21-/m1/s1. The van der Waals surface area contributed by atoms with Gasteiger partial charge in [-0.05, 0) is 26.0 Å². The molecule has 26 heavy (non-hydrogen) atoms. The van der Waals surface area contributed by atoms with E-state index in [1.807, 2.05) is 38.1 Å². The average molecular weight is 345 g/mol. The van der Waals surface area contributed by atoms with Crippen molar-refractivity contribution in [3.05, 3.63) is 101 Å². The fourth-order valence-corrected chi connectivity index (χ4v) is 2.53. The van der Waals surface area contributed by atoms with Crippen LogP contribution in [0.25, 0.3) is 0 Å². The lowest BCUT2D eigenvalue weighted by Gasteiger charge is -2.17. The number of rotatable bonds is 5. The topological polar surface area (TPSA) is 56.3 Å². The molecule has 130 valence electrons. The van der Waals surface area contributed by atoms with Crippen molar-refractivity contribution in [3.8, 4) is 0 Å². The summed E-state index contributed by atoms with van der Waals surface area (Å²) in [7, 11) is 0. The molecule has 0 saturated carbocycles. The molecule has 0 spiro atoms. The molecule has 0 bridgehead atoms. The molecule has 1 heterocycles. The highest BCUT2D eigenvalue weighted by molar-refractivity contribution is 6.02. The number of esters is 1. The molecular formula is C22H19NO3. The molecule has 0 N–H and O–H groups in total. The number of pyridine rings is 1. The summed E-state index contributed by atoms with van der Waals surface area (Å²) in [5.74, 6) is -0.894. The minimum Gasteiger partial charge on any atom is -0.444 e. The van der Waals surface area contributed by atoms with Gasteiger partial charge in [-0.15, -0.1) is 0 Å². The summed E-state index contributed by atoms with van der Waals surface area (Å²) in [6.07, 6.45) is 0.493. The maximum atomic E-state index is 13.0. The van der Waals surface area contributed by atoms with Crippen LogP contribution in [0.1, 0.15) is 43.6 Å². The van der Waals surface area contributed by atoms with E-state index < -0.39 is 12.1 Å². The number of ether oxygens (including phenoxy) is 1. The third-order valence-electron chi connectivity index (χ3n) is 4.05. The van der Waals surface area contributed by atoms with Crippen molar-refractivity contribution in [3.63, 3.8) is 0 Å². The molecule has 1 aromatic heterocycles. The highest BCUT2D eigenvalue weighted by atomic mass is 16.5. The normalized spacial score (nSPS) is 11.6. The third kappa shape index (κ3) is 4.03. The van der Waals surface area contributed by atoms with Crippen molar-refractivity contribution in [1.82, 2.24) is 4.98 Å². The molecule has 0 unspecified atom stereocenters. The summed E-state index contributed by atoms with van der Waals surface area (Å²) >= 11 is 0. The molecule has 0 saturated heterocycles. The van der Waals surface area contributed by atoms with Crippen LogP contribution in [0.5, 0.6) is 0 Å². The molecule has 4 nitrogen and oxygen atoms in total. The van der Waals surface area contributed by atoms with E-state index in [9.17, 15) is 9.59 Å². The summed E-state index contributed by atoms with van der Waals surface area (Å²) in [6.45, 7) is 3.91. The number of aromatic nitrogens is 1. The van der Waals surface area contributed by atoms with E-state index in [0.29, 0.717) is 11.1 Å². The minimum absolute atomic E-state index is 0.168. The van der Waals surface area contributed by atoms with Crippen LogP contribution in [0.4, 0.5) is 0 Å². The van der Waals surface area contributed by atoms with E-state index in [4.69, 9.17) is 4.74 Å². The quantitative estimate of drug-likeness (QED) is 0.505. The Bertz CT molecular complexity index is 900. The molecule has 1 atom stereocenters. The van der Waals surface area contributed by atoms with Crippen LogP contribution in [0.3, 0.4) is 0 Å². The van der Waals surface area contributed by atoms with Gasteiger partial charge in [0, 0.05) is 17.3 Å². The van der Waals surface area contributed by atoms with Crippen molar-refractivity contribution in [1.29, 1.82) is 0 Å². The van der Waals surface area contributed by atoms with Gasteiger partial charge >= 0.3 is 5.97 Å². The second-order valence-corrected chi connectivity index (χ2v) is 6.14. The van der Waals surface area contributed by atoms with Crippen molar-refractivity contribution in [2.75, 3.05) is 0 Å². The lowest BCUT2D eigenvalue weighted by molar-refractivity contribution is 0.0274. The Morgan fingerprint density at radius 2 is 1.46 bits per heavy atom. The summed E-state index contributed by atoms with van der Waals surface area (Å²) in [5.41, 5.74) is 3.41. The first-order valence-corrected chi connectivity index (χ1v) is 8.34. The second-order valence-electron chi connectivity index (χ2n) is 6.14. The molecule has 0 radical (unpaired) electrons. The largest absolute Gasteiger partial charge is 0.444 e. The fourth-order valence-electron chi connectivity index (χ4n) is 2.53. The van der Waals surface area contributed by atoms with Gasteiger partial charge in [0.1, 0.15) is 5.69 Å². The lowest BCUT2D eigenvalue weighted by atomic mass is 9.98. The SMILES string of the molecule is Cc1ccc(C(=O)[C@H](OC(=O)c2ccccn2)c2ccc(C)cc2)cc1. The van der Waals surface area contributed by atoms with Crippen LogP contribution in [-0.2, 0) is 4.74 Å². The Balaban J connectivity index is 1.93. The van der Waals surface area contributed by atoms with E-state index in [-0.39, 0.29) is 11.5 Å². The highest BCUT2D eigenvalue weighted by Crippen LogP contribution is 2.24. The van der Waals surface area contributed by atoms with Crippen LogP contribution >= 0.6 is 0 Å². The highest BCUT2D eigenvalue weighted by Gasteiger charge is 2.27. The number of aryl methyl sites for hydroxylation is 2. The molecule has 0 aliphatic carbocycles. The Morgan fingerprint density at radius 1 is 0.846 bits per heavy atom. The average Bonchev–Trinajstić information content (AvgIpc) is 2.67. The third-order valence-corrected chi connectivity index (χ3v) is 4.05. The first kappa shape index (κ1) is 17.5. The number of ketones is 1. The number of carbonyl (C=O) groups excluding carboxylic acids is 2. The maximum Gasteiger partial charge on any atom is 0.357 e. The van der Waals surface area contributed by atoms with E-state index in [2.05, 4.69) is 4.98 Å². The van der Waals surface area contributed by atoms with Crippen molar-refractivity contribution in [2.24, 2.45) is 0 Å². The molecule has 3 aromatic rings. The van der Waals surface area contributed by atoms with E-state index in [1.165, 1.54) is 6.20 Å². The van der Waals surface area contributed by atoms with E-state index in [0.717, 1.165) is 11.1 Å². The molecule has 0 aliphatic rings. The molecule has 0 fully saturated rings. The maximum absolute atomic E-state index is 13.0. The van der Waals surface area contributed by atoms with Crippen molar-refractivity contribution >= 4 is 11.8 Å². The van der Waals surface area contributed by atoms with Crippen molar-refractivity contribution < 1.29 is 14.3 Å². The smallest absolute Gasteiger partial charge is 0.357 e. The summed E-state index contributed by atoms with van der Waals surface area (Å²) in [5, 5.41) is 0. The van der Waals surface area contributed by atoms with Crippen LogP contribution in [0.2, 0.25) is 0 Å². The van der Waals surface area contributed by atoms with Gasteiger partial charge in [-0.2, -0.15) is 0 Å². The van der Waals surface area contributed by atoms with Crippen molar-refractivity contribution in [2.45, 2.75) is 20.0 Å². The van der Waals surface area contributed by atoms with Gasteiger partial charge in [0.05, 0.1) is 0 Å². The lowest BCUT2D eigenvalue weighted by Crippen LogP contribution is -2.21. The first-order valence-electron chi connectivity index (χ1n) is 8.34. The first-order chi connectivity index (χ1) is 12.5. The van der Waals surface area contributed by atoms with E-state index in [1.54, 1.807) is 42.5 Å². The van der Waals surface area contributed by atoms with Gasteiger partial charge in [0.2, 0.25) is 5.78 Å². The predicted molar refractivity (Wildman–Crippen MR) is 99.1 cm³/mol. The summed E-state index contributed by atoms with van der Waals surface area (Å²) in [6, 6.07) is 19.6. The number of hydrogen-bond donors (Lipinski definition) is 0.